The summed E-state index contributed by atoms with van der Waals surface area (Å²) in [5.41, 5.74) is -2.20. The molecule has 1 aliphatic rings. The second-order valence-electron chi connectivity index (χ2n) is 6.28. The maximum Gasteiger partial charge on any atom is 0.336 e. The molecule has 1 aliphatic heterocycles. The molecule has 1 saturated heterocycles. The molecule has 6 N–H and O–H groups in total. The van der Waals surface area contributed by atoms with Gasteiger partial charge in [-0.2, -0.15) is 0 Å². The van der Waals surface area contributed by atoms with Gasteiger partial charge >= 0.3 is 11.9 Å². The lowest BCUT2D eigenvalue weighted by atomic mass is 9.88. The van der Waals surface area contributed by atoms with Crippen molar-refractivity contribution >= 4 is 11.9 Å². The summed E-state index contributed by atoms with van der Waals surface area (Å²) >= 11 is 0. The van der Waals surface area contributed by atoms with E-state index < -0.39 is 61.3 Å². The van der Waals surface area contributed by atoms with Crippen LogP contribution in [0.2, 0.25) is 0 Å². The van der Waals surface area contributed by atoms with Gasteiger partial charge in [0, 0.05) is 0 Å². The molecule has 0 aromatic carbocycles. The van der Waals surface area contributed by atoms with E-state index in [2.05, 4.69) is 0 Å². The number of aliphatic carboxylic acids is 2. The third-order valence-corrected chi connectivity index (χ3v) is 3.75. The lowest BCUT2D eigenvalue weighted by Gasteiger charge is -2.43. The Balaban J connectivity index is 3.11. The summed E-state index contributed by atoms with van der Waals surface area (Å²) < 4.78 is 10.4. The molecule has 10 heteroatoms. The van der Waals surface area contributed by atoms with Gasteiger partial charge in [-0.15, -0.1) is 0 Å². The third-order valence-electron chi connectivity index (χ3n) is 3.75. The van der Waals surface area contributed by atoms with E-state index in [-0.39, 0.29) is 12.3 Å². The maximum atomic E-state index is 11.7. The monoisotopic (exact) mass is 352 g/mol. The average molecular weight is 352 g/mol. The van der Waals surface area contributed by atoms with Crippen LogP contribution in [0.5, 0.6) is 0 Å². The van der Waals surface area contributed by atoms with Crippen molar-refractivity contribution in [1.82, 2.24) is 0 Å². The minimum Gasteiger partial charge on any atom is -0.481 e. The van der Waals surface area contributed by atoms with E-state index in [9.17, 15) is 30.0 Å². The normalized spacial score (nSPS) is 33.2. The summed E-state index contributed by atoms with van der Waals surface area (Å²) in [6, 6.07) is 0. The first-order valence-corrected chi connectivity index (χ1v) is 7.47. The SMILES string of the molecule is CC(C)C[C@](CC(=O)O)(O[C@@H]1O[C@H](CO)[C@@H](O)[C@H](O)[C@H]1O)C(=O)O. The molecule has 0 saturated carbocycles. The van der Waals surface area contributed by atoms with E-state index in [0.29, 0.717) is 0 Å². The van der Waals surface area contributed by atoms with Gasteiger partial charge in [0.25, 0.3) is 0 Å². The highest BCUT2D eigenvalue weighted by Gasteiger charge is 2.51. The highest BCUT2D eigenvalue weighted by molar-refractivity contribution is 5.84. The van der Waals surface area contributed by atoms with Gasteiger partial charge in [-0.3, -0.25) is 4.79 Å². The molecule has 1 heterocycles. The van der Waals surface area contributed by atoms with Gasteiger partial charge in [-0.1, -0.05) is 13.8 Å². The van der Waals surface area contributed by atoms with E-state index in [1.54, 1.807) is 13.8 Å². The second kappa shape index (κ2) is 8.19. The molecule has 0 bridgehead atoms. The van der Waals surface area contributed by atoms with E-state index in [1.165, 1.54) is 0 Å². The summed E-state index contributed by atoms with van der Waals surface area (Å²) in [5, 5.41) is 57.1. The molecular formula is C14H24O10. The number of carboxylic acid groups (broad SMARTS) is 2. The Morgan fingerprint density at radius 1 is 1.12 bits per heavy atom. The topological polar surface area (TPSA) is 174 Å². The third kappa shape index (κ3) is 4.62. The molecular weight excluding hydrogens is 328 g/mol. The van der Waals surface area contributed by atoms with Crippen molar-refractivity contribution in [2.24, 2.45) is 5.92 Å². The fourth-order valence-corrected chi connectivity index (χ4v) is 2.67. The van der Waals surface area contributed by atoms with Crippen LogP contribution in [0, 0.1) is 5.92 Å². The number of carbonyl (C=O) groups is 2. The van der Waals surface area contributed by atoms with Crippen LogP contribution in [0.3, 0.4) is 0 Å². The van der Waals surface area contributed by atoms with Crippen molar-refractivity contribution in [1.29, 1.82) is 0 Å². The molecule has 10 nitrogen and oxygen atoms in total. The molecule has 140 valence electrons. The van der Waals surface area contributed by atoms with Gasteiger partial charge in [-0.25, -0.2) is 4.79 Å². The Morgan fingerprint density at radius 2 is 1.71 bits per heavy atom. The fourth-order valence-electron chi connectivity index (χ4n) is 2.67. The molecule has 24 heavy (non-hydrogen) atoms. The number of aliphatic hydroxyl groups excluding tert-OH is 4. The van der Waals surface area contributed by atoms with Crippen LogP contribution in [-0.4, -0.2) is 85.5 Å². The Morgan fingerprint density at radius 3 is 2.12 bits per heavy atom. The molecule has 0 aliphatic carbocycles. The standard InChI is InChI=1S/C14H24O10/c1-6(2)3-14(13(21)22,4-8(16)17)24-12-11(20)10(19)9(18)7(5-15)23-12/h6-7,9-12,15,18-20H,3-5H2,1-2H3,(H,16,17)(H,21,22)/t7-,9-,10+,11-,12+,14-/m1/s1. The van der Waals surface area contributed by atoms with Crippen LogP contribution in [0.15, 0.2) is 0 Å². The number of rotatable bonds is 8. The van der Waals surface area contributed by atoms with Gasteiger partial charge in [0.15, 0.2) is 11.9 Å². The minimum absolute atomic E-state index is 0.191. The number of carboxylic acids is 2. The number of hydrogen-bond acceptors (Lipinski definition) is 8. The van der Waals surface area contributed by atoms with Crippen LogP contribution < -0.4 is 0 Å². The van der Waals surface area contributed by atoms with E-state index >= 15 is 0 Å². The quantitative estimate of drug-likeness (QED) is 0.291. The summed E-state index contributed by atoms with van der Waals surface area (Å²) in [4.78, 5) is 22.8. The van der Waals surface area contributed by atoms with Crippen molar-refractivity contribution in [2.75, 3.05) is 6.61 Å². The first-order chi connectivity index (χ1) is 11.0. The molecule has 6 atom stereocenters. The zero-order chi connectivity index (χ0) is 18.7. The van der Waals surface area contributed by atoms with Crippen molar-refractivity contribution in [3.05, 3.63) is 0 Å². The Bertz CT molecular complexity index is 451. The molecule has 0 radical (unpaired) electrons. The smallest absolute Gasteiger partial charge is 0.336 e. The average Bonchev–Trinajstić information content (AvgIpc) is 2.46. The van der Waals surface area contributed by atoms with Crippen LogP contribution in [0.1, 0.15) is 26.7 Å². The number of aliphatic hydroxyl groups is 4. The highest BCUT2D eigenvalue weighted by Crippen LogP contribution is 2.32. The van der Waals surface area contributed by atoms with Gasteiger partial charge in [0.1, 0.15) is 24.4 Å². The molecule has 0 aromatic rings. The number of ether oxygens (including phenoxy) is 2. The molecule has 0 aromatic heterocycles. The van der Waals surface area contributed by atoms with Crippen LogP contribution in [0.4, 0.5) is 0 Å². The van der Waals surface area contributed by atoms with Crippen LogP contribution >= 0.6 is 0 Å². The van der Waals surface area contributed by atoms with Crippen molar-refractivity contribution in [2.45, 2.75) is 63.0 Å². The summed E-state index contributed by atoms with van der Waals surface area (Å²) in [6.07, 6.45) is -9.30. The minimum atomic E-state index is -2.20. The predicted octanol–water partition coefficient (Wildman–Crippen LogP) is -1.85. The zero-order valence-corrected chi connectivity index (χ0v) is 13.4. The second-order valence-corrected chi connectivity index (χ2v) is 6.28. The molecule has 1 rings (SSSR count). The van der Waals surface area contributed by atoms with Crippen LogP contribution in [-0.2, 0) is 19.1 Å². The summed E-state index contributed by atoms with van der Waals surface area (Å²) in [6.45, 7) is 2.61. The van der Waals surface area contributed by atoms with Gasteiger partial charge < -0.3 is 40.1 Å². The number of hydrogen-bond donors (Lipinski definition) is 6. The summed E-state index contributed by atoms with van der Waals surface area (Å²) in [5.74, 6) is -3.25. The molecule has 0 spiro atoms. The Hall–Kier alpha value is -1.30. The predicted molar refractivity (Wildman–Crippen MR) is 76.9 cm³/mol. The summed E-state index contributed by atoms with van der Waals surface area (Å²) in [7, 11) is 0. The Kier molecular flexibility index (Phi) is 7.08. The van der Waals surface area contributed by atoms with E-state index in [4.69, 9.17) is 19.7 Å². The van der Waals surface area contributed by atoms with Gasteiger partial charge in [0.05, 0.1) is 13.0 Å². The fraction of sp³-hybridized carbons (Fsp3) is 0.857. The largest absolute Gasteiger partial charge is 0.481 e. The lowest BCUT2D eigenvalue weighted by molar-refractivity contribution is -0.326. The first kappa shape index (κ1) is 20.7. The van der Waals surface area contributed by atoms with Gasteiger partial charge in [-0.05, 0) is 12.3 Å². The highest BCUT2D eigenvalue weighted by atomic mass is 16.7. The maximum absolute atomic E-state index is 11.7. The molecule has 0 amide bonds. The molecule has 0 unspecified atom stereocenters. The van der Waals surface area contributed by atoms with Crippen molar-refractivity contribution in [3.8, 4) is 0 Å². The van der Waals surface area contributed by atoms with E-state index in [1.807, 2.05) is 0 Å². The first-order valence-electron chi connectivity index (χ1n) is 7.47. The molecule has 1 fully saturated rings. The van der Waals surface area contributed by atoms with Crippen molar-refractivity contribution in [3.63, 3.8) is 0 Å². The van der Waals surface area contributed by atoms with Crippen LogP contribution in [0.25, 0.3) is 0 Å². The van der Waals surface area contributed by atoms with E-state index in [0.717, 1.165) is 0 Å². The Labute approximate surface area is 138 Å². The van der Waals surface area contributed by atoms with Crippen molar-refractivity contribution < 1.29 is 49.7 Å². The lowest BCUT2D eigenvalue weighted by Crippen LogP contribution is -2.62. The zero-order valence-electron chi connectivity index (χ0n) is 13.4. The van der Waals surface area contributed by atoms with Gasteiger partial charge in [0.2, 0.25) is 0 Å².